The molecular weight excluding hydrogens is 356 g/mol. The van der Waals surface area contributed by atoms with Crippen molar-refractivity contribution >= 4 is 17.5 Å². The molecule has 1 atom stereocenters. The van der Waals surface area contributed by atoms with E-state index in [1.165, 1.54) is 20.2 Å². The first kappa shape index (κ1) is 19.9. The van der Waals surface area contributed by atoms with Crippen LogP contribution in [0.3, 0.4) is 0 Å². The Balaban J connectivity index is 2.01. The number of carbonyl (C=O) groups is 2. The van der Waals surface area contributed by atoms with E-state index in [-0.39, 0.29) is 5.56 Å². The average molecular weight is 376 g/mol. The van der Waals surface area contributed by atoms with Gasteiger partial charge in [0.2, 0.25) is 11.8 Å². The Morgan fingerprint density at radius 3 is 2.52 bits per heavy atom. The van der Waals surface area contributed by atoms with Crippen molar-refractivity contribution in [2.45, 2.75) is 19.5 Å². The molecule has 2 aromatic rings. The number of methoxy groups -OCH3 is 1. The van der Waals surface area contributed by atoms with E-state index in [4.69, 9.17) is 4.74 Å². The maximum atomic E-state index is 12.2. The quantitative estimate of drug-likeness (QED) is 0.487. The number of rotatable bonds is 7. The van der Waals surface area contributed by atoms with E-state index in [1.54, 1.807) is 24.3 Å². The van der Waals surface area contributed by atoms with Crippen molar-refractivity contribution in [2.75, 3.05) is 19.0 Å². The molecule has 1 heterocycles. The van der Waals surface area contributed by atoms with Gasteiger partial charge in [0.1, 0.15) is 18.3 Å². The van der Waals surface area contributed by atoms with E-state index >= 15 is 0 Å². The van der Waals surface area contributed by atoms with E-state index in [9.17, 15) is 24.3 Å². The van der Waals surface area contributed by atoms with E-state index in [0.717, 1.165) is 4.57 Å². The number of benzene rings is 1. The molecule has 0 spiro atoms. The van der Waals surface area contributed by atoms with Gasteiger partial charge in [-0.3, -0.25) is 23.9 Å². The summed E-state index contributed by atoms with van der Waals surface area (Å²) in [5.74, 6) is -0.685. The van der Waals surface area contributed by atoms with Crippen LogP contribution in [0.25, 0.3) is 0 Å². The molecule has 0 aliphatic rings. The number of aromatic nitrogens is 2. The third-order valence-corrected chi connectivity index (χ3v) is 3.69. The number of carbonyl (C=O) groups excluding carboxylic acids is 2. The molecule has 0 fully saturated rings. The predicted molar refractivity (Wildman–Crippen MR) is 96.7 cm³/mol. The minimum atomic E-state index is -1.21. The lowest BCUT2D eigenvalue weighted by atomic mass is 10.2. The predicted octanol–water partition coefficient (Wildman–Crippen LogP) is -1.03. The molecule has 0 aliphatic carbocycles. The number of amides is 2. The van der Waals surface area contributed by atoms with Crippen LogP contribution in [0, 0.1) is 6.92 Å². The summed E-state index contributed by atoms with van der Waals surface area (Å²) in [5.41, 5.74) is -0.563. The minimum absolute atomic E-state index is 0.262. The Morgan fingerprint density at radius 1 is 1.26 bits per heavy atom. The van der Waals surface area contributed by atoms with Gasteiger partial charge in [0, 0.05) is 17.4 Å². The van der Waals surface area contributed by atoms with Gasteiger partial charge in [-0.1, -0.05) is 0 Å². The van der Waals surface area contributed by atoms with Crippen molar-refractivity contribution < 1.29 is 19.4 Å². The molecule has 27 heavy (non-hydrogen) atoms. The van der Waals surface area contributed by atoms with Crippen molar-refractivity contribution in [3.8, 4) is 5.75 Å². The standard InChI is InChI=1S/C17H20N4O6/c1-10-7-21(17(26)20-15(10)24)8-14(23)19-13(9-22)16(25)18-11-3-5-12(27-2)6-4-11/h3-7,13,22H,8-9H2,1-2H3,(H,18,25)(H,19,23)(H,20,24,26). The summed E-state index contributed by atoms with van der Waals surface area (Å²) in [4.78, 5) is 49.4. The van der Waals surface area contributed by atoms with Crippen LogP contribution in [0.5, 0.6) is 5.75 Å². The topological polar surface area (TPSA) is 143 Å². The van der Waals surface area contributed by atoms with Crippen LogP contribution in [0.2, 0.25) is 0 Å². The van der Waals surface area contributed by atoms with Crippen LogP contribution < -0.4 is 26.6 Å². The molecule has 10 heteroatoms. The summed E-state index contributed by atoms with van der Waals surface area (Å²) < 4.78 is 6.02. The smallest absolute Gasteiger partial charge is 0.328 e. The molecule has 1 aromatic heterocycles. The van der Waals surface area contributed by atoms with Crippen LogP contribution in [-0.4, -0.2) is 46.2 Å². The van der Waals surface area contributed by atoms with Gasteiger partial charge in [0.05, 0.1) is 13.7 Å². The summed E-state index contributed by atoms with van der Waals surface area (Å²) in [5, 5.41) is 14.3. The molecule has 4 N–H and O–H groups in total. The zero-order valence-corrected chi connectivity index (χ0v) is 14.8. The van der Waals surface area contributed by atoms with Gasteiger partial charge >= 0.3 is 5.69 Å². The molecule has 1 unspecified atom stereocenters. The normalized spacial score (nSPS) is 11.5. The molecule has 1 aromatic carbocycles. The second-order valence-corrected chi connectivity index (χ2v) is 5.72. The Morgan fingerprint density at radius 2 is 1.93 bits per heavy atom. The fourth-order valence-electron chi connectivity index (χ4n) is 2.23. The van der Waals surface area contributed by atoms with Gasteiger partial charge in [-0.15, -0.1) is 0 Å². The monoisotopic (exact) mass is 376 g/mol. The number of ether oxygens (including phenoxy) is 1. The molecule has 0 radical (unpaired) electrons. The van der Waals surface area contributed by atoms with Crippen molar-refractivity contribution in [3.05, 3.63) is 56.9 Å². The Hall–Kier alpha value is -3.40. The fraction of sp³-hybridized carbons (Fsp3) is 0.294. The van der Waals surface area contributed by atoms with Crippen molar-refractivity contribution in [2.24, 2.45) is 0 Å². The molecule has 10 nitrogen and oxygen atoms in total. The van der Waals surface area contributed by atoms with E-state index in [0.29, 0.717) is 11.4 Å². The van der Waals surface area contributed by atoms with Crippen LogP contribution >= 0.6 is 0 Å². The zero-order chi connectivity index (χ0) is 20.0. The molecule has 0 bridgehead atoms. The van der Waals surface area contributed by atoms with Crippen LogP contribution in [0.15, 0.2) is 40.1 Å². The van der Waals surface area contributed by atoms with E-state index < -0.39 is 42.3 Å². The second kappa shape index (κ2) is 8.81. The Kier molecular flexibility index (Phi) is 6.50. The molecule has 2 rings (SSSR count). The number of hydrogen-bond donors (Lipinski definition) is 4. The number of aromatic amines is 1. The Labute approximate surface area is 153 Å². The molecule has 0 saturated carbocycles. The number of hydrogen-bond acceptors (Lipinski definition) is 6. The summed E-state index contributed by atoms with van der Waals surface area (Å²) in [6, 6.07) is 5.30. The molecule has 2 amide bonds. The van der Waals surface area contributed by atoms with Gasteiger partial charge in [-0.25, -0.2) is 4.79 Å². The number of aliphatic hydroxyl groups excluding tert-OH is 1. The lowest BCUT2D eigenvalue weighted by Gasteiger charge is -2.17. The molecular formula is C17H20N4O6. The van der Waals surface area contributed by atoms with Crippen molar-refractivity contribution in [1.82, 2.24) is 14.9 Å². The van der Waals surface area contributed by atoms with Crippen LogP contribution in [0.1, 0.15) is 5.56 Å². The first-order valence-corrected chi connectivity index (χ1v) is 7.99. The van der Waals surface area contributed by atoms with Gasteiger partial charge < -0.3 is 20.5 Å². The number of H-pyrrole nitrogens is 1. The highest BCUT2D eigenvalue weighted by Crippen LogP contribution is 2.15. The van der Waals surface area contributed by atoms with Gasteiger partial charge in [0.15, 0.2) is 0 Å². The maximum Gasteiger partial charge on any atom is 0.328 e. The van der Waals surface area contributed by atoms with Crippen LogP contribution in [-0.2, 0) is 16.1 Å². The number of nitrogens with zero attached hydrogens (tertiary/aromatic N) is 1. The van der Waals surface area contributed by atoms with Gasteiger partial charge in [0.25, 0.3) is 5.56 Å². The number of anilines is 1. The third-order valence-electron chi connectivity index (χ3n) is 3.69. The molecule has 0 saturated heterocycles. The fourth-order valence-corrected chi connectivity index (χ4v) is 2.23. The largest absolute Gasteiger partial charge is 0.497 e. The summed E-state index contributed by atoms with van der Waals surface area (Å²) in [6.07, 6.45) is 1.24. The number of aryl methyl sites for hydroxylation is 1. The maximum absolute atomic E-state index is 12.2. The van der Waals surface area contributed by atoms with Gasteiger partial charge in [-0.2, -0.15) is 0 Å². The Bertz CT molecular complexity index is 932. The first-order chi connectivity index (χ1) is 12.8. The van der Waals surface area contributed by atoms with Crippen molar-refractivity contribution in [3.63, 3.8) is 0 Å². The summed E-state index contributed by atoms with van der Waals surface area (Å²) in [7, 11) is 1.51. The van der Waals surface area contributed by atoms with Crippen LogP contribution in [0.4, 0.5) is 5.69 Å². The highest BCUT2D eigenvalue weighted by molar-refractivity contribution is 5.97. The third kappa shape index (κ3) is 5.28. The highest BCUT2D eigenvalue weighted by atomic mass is 16.5. The molecule has 144 valence electrons. The number of aliphatic hydroxyl groups is 1. The second-order valence-electron chi connectivity index (χ2n) is 5.72. The molecule has 0 aliphatic heterocycles. The highest BCUT2D eigenvalue weighted by Gasteiger charge is 2.20. The summed E-state index contributed by atoms with van der Waals surface area (Å²) >= 11 is 0. The lowest BCUT2D eigenvalue weighted by Crippen LogP contribution is -2.48. The van der Waals surface area contributed by atoms with Gasteiger partial charge in [-0.05, 0) is 31.2 Å². The number of nitrogens with one attached hydrogen (secondary N) is 3. The van der Waals surface area contributed by atoms with Crippen molar-refractivity contribution in [1.29, 1.82) is 0 Å². The minimum Gasteiger partial charge on any atom is -0.497 e. The summed E-state index contributed by atoms with van der Waals surface area (Å²) in [6.45, 7) is 0.446. The average Bonchev–Trinajstić information content (AvgIpc) is 2.64. The zero-order valence-electron chi connectivity index (χ0n) is 14.8. The van der Waals surface area contributed by atoms with E-state index in [1.807, 2.05) is 0 Å². The van der Waals surface area contributed by atoms with E-state index in [2.05, 4.69) is 15.6 Å². The first-order valence-electron chi connectivity index (χ1n) is 7.99. The lowest BCUT2D eigenvalue weighted by molar-refractivity contribution is -0.127. The SMILES string of the molecule is COc1ccc(NC(=O)C(CO)NC(=O)Cn2cc(C)c(=O)[nH]c2=O)cc1.